The normalized spacial score (nSPS) is 10.9. The Kier molecular flexibility index (Phi) is 3.23. The van der Waals surface area contributed by atoms with Crippen LogP contribution < -0.4 is 0 Å². The molecule has 0 heterocycles. The Bertz CT molecular complexity index is 459. The minimum absolute atomic E-state index is 0.107. The highest BCUT2D eigenvalue weighted by Gasteiger charge is 2.16. The highest BCUT2D eigenvalue weighted by atomic mass is 32.2. The predicted molar refractivity (Wildman–Crippen MR) is 49.9 cm³/mol. The van der Waals surface area contributed by atoms with Crippen LogP contribution in [0.2, 0.25) is 0 Å². The molecule has 0 aliphatic carbocycles. The second-order valence-corrected chi connectivity index (χ2v) is 4.22. The van der Waals surface area contributed by atoms with E-state index in [4.69, 9.17) is 5.26 Å². The van der Waals surface area contributed by atoms with Crippen LogP contribution in [-0.4, -0.2) is 15.0 Å². The van der Waals surface area contributed by atoms with Gasteiger partial charge < -0.3 is 0 Å². The topological polar surface area (TPSA) is 67.2 Å². The number of rotatable bonds is 3. The van der Waals surface area contributed by atoms with E-state index >= 15 is 0 Å². The minimum Gasteiger partial charge on any atom is -0.251 e. The summed E-state index contributed by atoms with van der Waals surface area (Å²) < 4.78 is 27.3. The highest BCUT2D eigenvalue weighted by Crippen LogP contribution is 2.16. The first-order chi connectivity index (χ1) is 6.58. The third-order valence-corrected chi connectivity index (χ3v) is 3.07. The molecule has 0 aliphatic rings. The number of hydrogen-bond donors (Lipinski definition) is 0. The summed E-state index contributed by atoms with van der Waals surface area (Å²) in [6.07, 6.45) is 0. The van der Waals surface area contributed by atoms with Crippen LogP contribution in [0.25, 0.3) is 0 Å². The smallest absolute Gasteiger partial charge is 0.251 e. The molecule has 0 unspecified atom stereocenters. The van der Waals surface area contributed by atoms with Crippen LogP contribution in [0.15, 0.2) is 29.2 Å². The summed E-state index contributed by atoms with van der Waals surface area (Å²) in [4.78, 5) is 0.107. The second kappa shape index (κ2) is 4.22. The zero-order valence-corrected chi connectivity index (χ0v) is 8.41. The van der Waals surface area contributed by atoms with Crippen molar-refractivity contribution in [3.05, 3.63) is 29.8 Å². The van der Waals surface area contributed by atoms with Crippen molar-refractivity contribution in [1.82, 2.24) is 0 Å². The first kappa shape index (κ1) is 10.7. The van der Waals surface area contributed by atoms with Crippen molar-refractivity contribution < 1.29 is 12.6 Å². The van der Waals surface area contributed by atoms with Gasteiger partial charge in [-0.15, -0.1) is 0 Å². The number of nitrogens with zero attached hydrogens (tertiary/aromatic N) is 1. The highest BCUT2D eigenvalue weighted by molar-refractivity contribution is 7.86. The molecule has 1 aromatic rings. The molecule has 1 rings (SSSR count). The van der Waals surface area contributed by atoms with E-state index in [0.717, 1.165) is 0 Å². The zero-order chi connectivity index (χ0) is 10.6. The van der Waals surface area contributed by atoms with E-state index in [1.807, 2.05) is 0 Å². The molecule has 0 radical (unpaired) electrons. The maximum atomic E-state index is 11.4. The number of nitriles is 1. The van der Waals surface area contributed by atoms with Crippen molar-refractivity contribution >= 4 is 10.1 Å². The molecule has 5 heteroatoms. The molecule has 0 amide bonds. The van der Waals surface area contributed by atoms with E-state index in [9.17, 15) is 8.42 Å². The summed E-state index contributed by atoms with van der Waals surface area (Å²) in [5, 5.41) is 8.21. The second-order valence-electron chi connectivity index (χ2n) is 2.64. The Balaban J connectivity index is 3.06. The van der Waals surface area contributed by atoms with Gasteiger partial charge in [0, 0.05) is 0 Å². The fourth-order valence-electron chi connectivity index (χ4n) is 1.00. The summed E-state index contributed by atoms with van der Waals surface area (Å²) in [7, 11) is -3.78. The van der Waals surface area contributed by atoms with Gasteiger partial charge >= 0.3 is 0 Å². The third-order valence-electron chi connectivity index (χ3n) is 1.64. The lowest BCUT2D eigenvalue weighted by atomic mass is 10.2. The quantitative estimate of drug-likeness (QED) is 0.705. The summed E-state index contributed by atoms with van der Waals surface area (Å²) in [5.74, 6) is 0. The Labute approximate surface area is 82.9 Å². The van der Waals surface area contributed by atoms with Crippen LogP contribution in [0.4, 0.5) is 0 Å². The van der Waals surface area contributed by atoms with Crippen LogP contribution in [0.1, 0.15) is 5.56 Å². The standard InChI is InChI=1S/C9H9NO3S/c1-8-4-2-3-5-9(8)14(11,12)13-7-6-10/h2-5H,7H2,1H3. The Morgan fingerprint density at radius 1 is 1.43 bits per heavy atom. The average molecular weight is 211 g/mol. The van der Waals surface area contributed by atoms with Gasteiger partial charge in [0.15, 0.2) is 6.61 Å². The fourth-order valence-corrected chi connectivity index (χ4v) is 2.05. The molecule has 0 aliphatic heterocycles. The van der Waals surface area contributed by atoms with E-state index in [0.29, 0.717) is 5.56 Å². The van der Waals surface area contributed by atoms with E-state index in [1.54, 1.807) is 31.2 Å². The Hall–Kier alpha value is -1.38. The van der Waals surface area contributed by atoms with Gasteiger partial charge in [0.1, 0.15) is 0 Å². The lowest BCUT2D eigenvalue weighted by Gasteiger charge is -2.04. The largest absolute Gasteiger partial charge is 0.298 e. The maximum Gasteiger partial charge on any atom is 0.298 e. The molecule has 0 spiro atoms. The molecule has 0 N–H and O–H groups in total. The van der Waals surface area contributed by atoms with E-state index in [2.05, 4.69) is 4.18 Å². The van der Waals surface area contributed by atoms with E-state index < -0.39 is 16.7 Å². The summed E-state index contributed by atoms with van der Waals surface area (Å²) in [6, 6.07) is 8.07. The molecule has 0 fully saturated rings. The van der Waals surface area contributed by atoms with Gasteiger partial charge in [0.2, 0.25) is 0 Å². The first-order valence-electron chi connectivity index (χ1n) is 3.90. The third kappa shape index (κ3) is 2.31. The fraction of sp³-hybridized carbons (Fsp3) is 0.222. The van der Waals surface area contributed by atoms with Gasteiger partial charge in [0.05, 0.1) is 11.0 Å². The molecule has 0 bridgehead atoms. The Morgan fingerprint density at radius 3 is 2.64 bits per heavy atom. The van der Waals surface area contributed by atoms with Crippen LogP contribution in [0.5, 0.6) is 0 Å². The lowest BCUT2D eigenvalue weighted by Crippen LogP contribution is -2.07. The van der Waals surface area contributed by atoms with Gasteiger partial charge in [-0.3, -0.25) is 4.18 Å². The molecular weight excluding hydrogens is 202 g/mol. The molecule has 0 aromatic heterocycles. The van der Waals surface area contributed by atoms with Crippen molar-refractivity contribution in [2.75, 3.05) is 6.61 Å². The SMILES string of the molecule is Cc1ccccc1S(=O)(=O)OCC#N. The van der Waals surface area contributed by atoms with Crippen LogP contribution in [-0.2, 0) is 14.3 Å². The van der Waals surface area contributed by atoms with Gasteiger partial charge in [-0.2, -0.15) is 13.7 Å². The summed E-state index contributed by atoms with van der Waals surface area (Å²) in [5.41, 5.74) is 0.602. The monoisotopic (exact) mass is 211 g/mol. The average Bonchev–Trinajstić information content (AvgIpc) is 2.15. The number of benzene rings is 1. The van der Waals surface area contributed by atoms with E-state index in [1.165, 1.54) is 6.07 Å². The Morgan fingerprint density at radius 2 is 2.07 bits per heavy atom. The molecule has 14 heavy (non-hydrogen) atoms. The van der Waals surface area contributed by atoms with Crippen LogP contribution in [0.3, 0.4) is 0 Å². The molecule has 74 valence electrons. The number of aryl methyl sites for hydroxylation is 1. The summed E-state index contributed by atoms with van der Waals surface area (Å²) >= 11 is 0. The molecule has 0 saturated heterocycles. The van der Waals surface area contributed by atoms with Gasteiger partial charge in [-0.25, -0.2) is 0 Å². The first-order valence-corrected chi connectivity index (χ1v) is 5.31. The van der Waals surface area contributed by atoms with Crippen molar-refractivity contribution in [2.24, 2.45) is 0 Å². The van der Waals surface area contributed by atoms with Crippen LogP contribution in [0, 0.1) is 18.3 Å². The van der Waals surface area contributed by atoms with Crippen molar-refractivity contribution in [3.63, 3.8) is 0 Å². The predicted octanol–water partition coefficient (Wildman–Crippen LogP) is 1.22. The molecule has 0 atom stereocenters. The van der Waals surface area contributed by atoms with Crippen molar-refractivity contribution in [3.8, 4) is 6.07 Å². The van der Waals surface area contributed by atoms with Gasteiger partial charge in [0.25, 0.3) is 10.1 Å². The minimum atomic E-state index is -3.78. The van der Waals surface area contributed by atoms with E-state index in [-0.39, 0.29) is 4.90 Å². The van der Waals surface area contributed by atoms with Gasteiger partial charge in [-0.05, 0) is 18.6 Å². The molecule has 0 saturated carbocycles. The van der Waals surface area contributed by atoms with Crippen molar-refractivity contribution in [1.29, 1.82) is 5.26 Å². The van der Waals surface area contributed by atoms with Crippen molar-refractivity contribution in [2.45, 2.75) is 11.8 Å². The molecule has 4 nitrogen and oxygen atoms in total. The number of hydrogen-bond acceptors (Lipinski definition) is 4. The lowest BCUT2D eigenvalue weighted by molar-refractivity contribution is 0.361. The van der Waals surface area contributed by atoms with Gasteiger partial charge in [-0.1, -0.05) is 18.2 Å². The zero-order valence-electron chi connectivity index (χ0n) is 7.60. The summed E-state index contributed by atoms with van der Waals surface area (Å²) in [6.45, 7) is 1.21. The maximum absolute atomic E-state index is 11.4. The molecule has 1 aromatic carbocycles. The molecular formula is C9H9NO3S. The van der Waals surface area contributed by atoms with Crippen LogP contribution >= 0.6 is 0 Å².